The van der Waals surface area contributed by atoms with Gasteiger partial charge in [-0.2, -0.15) is 0 Å². The van der Waals surface area contributed by atoms with Crippen LogP contribution in [0.3, 0.4) is 0 Å². The number of phenols is 3. The van der Waals surface area contributed by atoms with Crippen LogP contribution in [0.4, 0.5) is 0 Å². The lowest BCUT2D eigenvalue weighted by Gasteiger charge is -2.21. The smallest absolute Gasteiger partial charge is 0.239 e. The molecular formula is C24H13Br6NO5S. The van der Waals surface area contributed by atoms with Crippen molar-refractivity contribution in [1.82, 2.24) is 0 Å². The van der Waals surface area contributed by atoms with Crippen LogP contribution in [0.5, 0.6) is 17.2 Å². The largest absolute Gasteiger partial charge is 0.508 e. The van der Waals surface area contributed by atoms with Crippen molar-refractivity contribution in [3.05, 3.63) is 75.4 Å². The molecule has 4 rings (SSSR count). The van der Waals surface area contributed by atoms with E-state index in [0.29, 0.717) is 49.1 Å². The summed E-state index contributed by atoms with van der Waals surface area (Å²) in [6.07, 6.45) is 0. The van der Waals surface area contributed by atoms with E-state index in [0.717, 1.165) is 0 Å². The second-order valence-electron chi connectivity index (χ2n) is 7.80. The minimum Gasteiger partial charge on any atom is -0.508 e. The third kappa shape index (κ3) is 5.84. The lowest BCUT2D eigenvalue weighted by atomic mass is 9.93. The van der Waals surface area contributed by atoms with Crippen molar-refractivity contribution in [1.29, 1.82) is 0 Å². The fourth-order valence-electron chi connectivity index (χ4n) is 3.92. The van der Waals surface area contributed by atoms with Gasteiger partial charge in [0.25, 0.3) is 0 Å². The van der Waals surface area contributed by atoms with Crippen LogP contribution in [0.2, 0.25) is 0 Å². The lowest BCUT2D eigenvalue weighted by Crippen LogP contribution is -2.15. The summed E-state index contributed by atoms with van der Waals surface area (Å²) in [6.45, 7) is 0. The minimum absolute atomic E-state index is 0.0251. The molecule has 0 unspecified atom stereocenters. The van der Waals surface area contributed by atoms with Crippen LogP contribution < -0.4 is 5.14 Å². The molecule has 4 aromatic rings. The van der Waals surface area contributed by atoms with Gasteiger partial charge in [-0.1, -0.05) is 0 Å². The van der Waals surface area contributed by atoms with Crippen molar-refractivity contribution in [2.75, 3.05) is 0 Å². The first kappa shape index (κ1) is 29.1. The summed E-state index contributed by atoms with van der Waals surface area (Å²) >= 11 is 20.8. The molecular weight excluding hydrogens is 894 g/mol. The Labute approximate surface area is 262 Å². The van der Waals surface area contributed by atoms with Gasteiger partial charge in [-0.15, -0.1) is 0 Å². The standard InChI is InChI=1S/C24H13Br6NO5S/c25-15-3-10(32)4-16(26)21(15)9-1-13(22-17(27)5-11(33)6-18(22)28)24(37(31,35)36)14(2-9)23-19(29)7-12(34)8-20(23)30/h1-8,32-34H,(H2,31,35,36). The van der Waals surface area contributed by atoms with Gasteiger partial charge in [0.05, 0.1) is 4.90 Å². The van der Waals surface area contributed by atoms with Crippen molar-refractivity contribution < 1.29 is 23.7 Å². The van der Waals surface area contributed by atoms with Crippen LogP contribution in [0.1, 0.15) is 0 Å². The average Bonchev–Trinajstić information content (AvgIpc) is 2.70. The third-order valence-electron chi connectivity index (χ3n) is 5.28. The van der Waals surface area contributed by atoms with E-state index in [2.05, 4.69) is 95.6 Å². The molecule has 0 saturated carbocycles. The van der Waals surface area contributed by atoms with Crippen molar-refractivity contribution in [3.8, 4) is 50.6 Å². The minimum atomic E-state index is -4.35. The molecule has 0 fully saturated rings. The van der Waals surface area contributed by atoms with E-state index < -0.39 is 10.0 Å². The lowest BCUT2D eigenvalue weighted by molar-refractivity contribution is 0.474. The Morgan fingerprint density at radius 2 is 0.784 bits per heavy atom. The molecule has 0 aliphatic carbocycles. The number of benzene rings is 4. The summed E-state index contributed by atoms with van der Waals surface area (Å²) in [5.41, 5.74) is 2.57. The molecule has 0 bridgehead atoms. The topological polar surface area (TPSA) is 121 Å². The number of rotatable bonds is 4. The Kier molecular flexibility index (Phi) is 8.57. The number of sulfonamides is 1. The van der Waals surface area contributed by atoms with Crippen LogP contribution in [0, 0.1) is 0 Å². The highest BCUT2D eigenvalue weighted by atomic mass is 79.9. The van der Waals surface area contributed by atoms with E-state index in [1.807, 2.05) is 0 Å². The maximum atomic E-state index is 13.2. The Bertz CT molecular complexity index is 1560. The zero-order valence-corrected chi connectivity index (χ0v) is 28.4. The van der Waals surface area contributed by atoms with Crippen molar-refractivity contribution in [2.24, 2.45) is 5.14 Å². The second kappa shape index (κ2) is 10.9. The van der Waals surface area contributed by atoms with Gasteiger partial charge in [0.2, 0.25) is 10.0 Å². The highest BCUT2D eigenvalue weighted by Crippen LogP contribution is 2.50. The zero-order chi connectivity index (χ0) is 27.4. The maximum absolute atomic E-state index is 13.2. The van der Waals surface area contributed by atoms with E-state index in [1.165, 1.54) is 36.4 Å². The van der Waals surface area contributed by atoms with Gasteiger partial charge in [0.1, 0.15) is 17.2 Å². The number of hydrogen-bond acceptors (Lipinski definition) is 5. The molecule has 0 amide bonds. The van der Waals surface area contributed by atoms with Crippen LogP contribution in [-0.4, -0.2) is 23.7 Å². The number of aromatic hydroxyl groups is 3. The zero-order valence-electron chi connectivity index (χ0n) is 18.0. The molecule has 0 aliphatic rings. The van der Waals surface area contributed by atoms with Gasteiger partial charge in [0.15, 0.2) is 0 Å². The molecule has 0 radical (unpaired) electrons. The van der Waals surface area contributed by atoms with Gasteiger partial charge < -0.3 is 15.3 Å². The number of primary sulfonamides is 1. The molecule has 0 aromatic heterocycles. The monoisotopic (exact) mass is 901 g/mol. The second-order valence-corrected chi connectivity index (χ2v) is 14.4. The SMILES string of the molecule is NS(=O)(=O)c1c(-c2c(Br)cc(O)cc2Br)cc(-c2c(Br)cc(O)cc2Br)cc1-c1c(Br)cc(O)cc1Br. The van der Waals surface area contributed by atoms with Gasteiger partial charge >= 0.3 is 0 Å². The number of nitrogens with two attached hydrogens (primary N) is 1. The van der Waals surface area contributed by atoms with E-state index in [1.54, 1.807) is 12.1 Å². The molecule has 4 aromatic carbocycles. The summed E-state index contributed by atoms with van der Waals surface area (Å²) in [4.78, 5) is -0.179. The first-order chi connectivity index (χ1) is 17.2. The summed E-state index contributed by atoms with van der Waals surface area (Å²) < 4.78 is 29.1. The van der Waals surface area contributed by atoms with Crippen LogP contribution in [0.15, 0.2) is 80.3 Å². The van der Waals surface area contributed by atoms with Gasteiger partial charge in [-0.05, 0) is 150 Å². The third-order valence-corrected chi connectivity index (χ3v) is 10.0. The summed E-state index contributed by atoms with van der Waals surface area (Å²) in [6, 6.07) is 12.1. The summed E-state index contributed by atoms with van der Waals surface area (Å²) in [5, 5.41) is 36.0. The highest BCUT2D eigenvalue weighted by molar-refractivity contribution is 9.12. The fourth-order valence-corrected chi connectivity index (χ4v) is 9.65. The number of halogens is 6. The first-order valence-electron chi connectivity index (χ1n) is 9.95. The molecule has 6 nitrogen and oxygen atoms in total. The molecule has 37 heavy (non-hydrogen) atoms. The molecule has 0 heterocycles. The Hall–Kier alpha value is -0.930. The van der Waals surface area contributed by atoms with Crippen molar-refractivity contribution >= 4 is 106 Å². The van der Waals surface area contributed by atoms with Gasteiger partial charge in [-0.25, -0.2) is 13.6 Å². The van der Waals surface area contributed by atoms with E-state index in [4.69, 9.17) is 5.14 Å². The number of phenolic OH excluding ortho intramolecular Hbond substituents is 3. The normalized spacial score (nSPS) is 11.6. The van der Waals surface area contributed by atoms with Crippen molar-refractivity contribution in [2.45, 2.75) is 4.90 Å². The summed E-state index contributed by atoms with van der Waals surface area (Å²) in [5.74, 6) is -0.0506. The molecule has 5 N–H and O–H groups in total. The molecule has 13 heteroatoms. The van der Waals surface area contributed by atoms with Gasteiger partial charge in [0, 0.05) is 54.7 Å². The Balaban J connectivity index is 2.28. The van der Waals surface area contributed by atoms with E-state index in [-0.39, 0.29) is 33.3 Å². The fraction of sp³-hybridized carbons (Fsp3) is 0. The molecule has 0 spiro atoms. The molecule has 0 saturated heterocycles. The highest BCUT2D eigenvalue weighted by Gasteiger charge is 2.28. The average molecular weight is 907 g/mol. The predicted octanol–water partition coefficient (Wildman–Crippen LogP) is 9.03. The van der Waals surface area contributed by atoms with E-state index >= 15 is 0 Å². The Morgan fingerprint density at radius 3 is 1.05 bits per heavy atom. The summed E-state index contributed by atoms with van der Waals surface area (Å²) in [7, 11) is -4.35. The quantitative estimate of drug-likeness (QED) is 0.163. The van der Waals surface area contributed by atoms with Crippen LogP contribution in [0.25, 0.3) is 33.4 Å². The molecule has 192 valence electrons. The maximum Gasteiger partial charge on any atom is 0.239 e. The molecule has 0 aliphatic heterocycles. The first-order valence-corrected chi connectivity index (χ1v) is 16.3. The van der Waals surface area contributed by atoms with E-state index in [9.17, 15) is 23.7 Å². The van der Waals surface area contributed by atoms with Crippen molar-refractivity contribution in [3.63, 3.8) is 0 Å². The molecule has 0 atom stereocenters. The number of hydrogen-bond donors (Lipinski definition) is 4. The van der Waals surface area contributed by atoms with Gasteiger partial charge in [-0.3, -0.25) is 0 Å². The van der Waals surface area contributed by atoms with Crippen LogP contribution >= 0.6 is 95.6 Å². The van der Waals surface area contributed by atoms with Crippen LogP contribution in [-0.2, 0) is 10.0 Å². The Morgan fingerprint density at radius 1 is 0.514 bits per heavy atom. The predicted molar refractivity (Wildman–Crippen MR) is 165 cm³/mol.